The van der Waals surface area contributed by atoms with Crippen molar-refractivity contribution in [3.8, 4) is 0 Å². The second kappa shape index (κ2) is 5.39. The van der Waals surface area contributed by atoms with Crippen molar-refractivity contribution in [2.75, 3.05) is 25.4 Å². The van der Waals surface area contributed by atoms with Crippen molar-refractivity contribution in [2.45, 2.75) is 32.7 Å². The van der Waals surface area contributed by atoms with Crippen molar-refractivity contribution < 1.29 is 4.79 Å². The van der Waals surface area contributed by atoms with Crippen molar-refractivity contribution in [3.05, 3.63) is 11.3 Å². The lowest BCUT2D eigenvalue weighted by molar-refractivity contribution is 0.0932. The van der Waals surface area contributed by atoms with E-state index < -0.39 is 0 Å². The maximum Gasteiger partial charge on any atom is 0.257 e. The number of carbonyl (C=O) groups excluding carboxylic acids is 1. The van der Waals surface area contributed by atoms with Crippen LogP contribution in [0.15, 0.2) is 0 Å². The molecule has 1 aromatic rings. The molecule has 0 aromatic carbocycles. The average Bonchev–Trinajstić information content (AvgIpc) is 2.89. The molecule has 100 valence electrons. The van der Waals surface area contributed by atoms with Gasteiger partial charge in [0, 0.05) is 18.3 Å². The van der Waals surface area contributed by atoms with Crippen LogP contribution in [-0.4, -0.2) is 46.7 Å². The van der Waals surface area contributed by atoms with E-state index in [2.05, 4.69) is 20.4 Å². The molecule has 1 unspecified atom stereocenters. The van der Waals surface area contributed by atoms with Gasteiger partial charge in [-0.15, -0.1) is 0 Å². The lowest BCUT2D eigenvalue weighted by Crippen LogP contribution is -2.41. The van der Waals surface area contributed by atoms with E-state index in [0.29, 0.717) is 11.3 Å². The number of rotatable bonds is 4. The summed E-state index contributed by atoms with van der Waals surface area (Å²) in [5.74, 6) is 0.115. The number of carbonyl (C=O) groups is 1. The van der Waals surface area contributed by atoms with E-state index in [1.807, 2.05) is 6.92 Å². The van der Waals surface area contributed by atoms with Crippen LogP contribution < -0.4 is 11.1 Å². The molecule has 6 heteroatoms. The predicted octanol–water partition coefficient (Wildman–Crippen LogP) is 0.514. The number of aromatic amines is 1. The molecule has 6 nitrogen and oxygen atoms in total. The highest BCUT2D eigenvalue weighted by atomic mass is 16.1. The Bertz CT molecular complexity index is 403. The molecule has 18 heavy (non-hydrogen) atoms. The van der Waals surface area contributed by atoms with Crippen LogP contribution in [0.3, 0.4) is 0 Å². The summed E-state index contributed by atoms with van der Waals surface area (Å²) in [5.41, 5.74) is 6.84. The zero-order valence-corrected chi connectivity index (χ0v) is 11.0. The van der Waals surface area contributed by atoms with Gasteiger partial charge in [-0.3, -0.25) is 9.89 Å². The number of aromatic nitrogens is 2. The monoisotopic (exact) mass is 251 g/mol. The molecule has 0 bridgehead atoms. The van der Waals surface area contributed by atoms with E-state index in [1.54, 1.807) is 6.92 Å². The molecule has 4 N–H and O–H groups in total. The van der Waals surface area contributed by atoms with E-state index >= 15 is 0 Å². The summed E-state index contributed by atoms with van der Waals surface area (Å²) >= 11 is 0. The minimum atomic E-state index is -0.148. The van der Waals surface area contributed by atoms with E-state index in [1.165, 1.54) is 12.8 Å². The third-order valence-electron chi connectivity index (χ3n) is 3.31. The summed E-state index contributed by atoms with van der Waals surface area (Å²) < 4.78 is 0. The quantitative estimate of drug-likeness (QED) is 0.728. The van der Waals surface area contributed by atoms with Gasteiger partial charge >= 0.3 is 0 Å². The van der Waals surface area contributed by atoms with Gasteiger partial charge in [-0.2, -0.15) is 5.10 Å². The summed E-state index contributed by atoms with van der Waals surface area (Å²) in [6.07, 6.45) is 2.52. The standard InChI is InChI=1S/C12H21N5O/c1-8(7-17-5-3-4-6-17)14-12(18)10-9(2)15-16-11(10)13/h8H,3-7H2,1-2H3,(H,14,18)(H3,13,15,16). The first kappa shape index (κ1) is 12.9. The van der Waals surface area contributed by atoms with Gasteiger partial charge in [0.15, 0.2) is 5.82 Å². The Labute approximate surface area is 107 Å². The summed E-state index contributed by atoms with van der Waals surface area (Å²) in [6.45, 7) is 6.97. The van der Waals surface area contributed by atoms with Gasteiger partial charge in [-0.1, -0.05) is 0 Å². The molecule has 0 spiro atoms. The van der Waals surface area contributed by atoms with Crippen LogP contribution in [0, 0.1) is 6.92 Å². The normalized spacial score (nSPS) is 17.9. The second-order valence-corrected chi connectivity index (χ2v) is 4.99. The van der Waals surface area contributed by atoms with Crippen molar-refractivity contribution in [1.29, 1.82) is 0 Å². The van der Waals surface area contributed by atoms with Crippen molar-refractivity contribution >= 4 is 11.7 Å². The molecule has 1 aliphatic heterocycles. The van der Waals surface area contributed by atoms with E-state index in [0.717, 1.165) is 19.6 Å². The zero-order chi connectivity index (χ0) is 13.1. The van der Waals surface area contributed by atoms with Gasteiger partial charge in [0.2, 0.25) is 0 Å². The fraction of sp³-hybridized carbons (Fsp3) is 0.667. The molecule has 1 saturated heterocycles. The number of likely N-dealkylation sites (tertiary alicyclic amines) is 1. The molecule has 1 aromatic heterocycles. The van der Waals surface area contributed by atoms with Crippen LogP contribution in [0.1, 0.15) is 35.8 Å². The first-order valence-corrected chi connectivity index (χ1v) is 6.41. The largest absolute Gasteiger partial charge is 0.382 e. The van der Waals surface area contributed by atoms with Crippen LogP contribution >= 0.6 is 0 Å². The SMILES string of the molecule is Cc1[nH]nc(N)c1C(=O)NC(C)CN1CCCC1. The first-order chi connectivity index (χ1) is 8.58. The highest BCUT2D eigenvalue weighted by Gasteiger charge is 2.20. The molecular weight excluding hydrogens is 230 g/mol. The van der Waals surface area contributed by atoms with Crippen molar-refractivity contribution in [2.24, 2.45) is 0 Å². The minimum Gasteiger partial charge on any atom is -0.382 e. The van der Waals surface area contributed by atoms with Gasteiger partial charge < -0.3 is 16.0 Å². The number of anilines is 1. The summed E-state index contributed by atoms with van der Waals surface area (Å²) in [5, 5.41) is 9.52. The Balaban J connectivity index is 1.90. The van der Waals surface area contributed by atoms with Gasteiger partial charge in [0.1, 0.15) is 5.56 Å². The number of H-pyrrole nitrogens is 1. The highest BCUT2D eigenvalue weighted by Crippen LogP contribution is 2.12. The van der Waals surface area contributed by atoms with Gasteiger partial charge in [-0.25, -0.2) is 0 Å². The fourth-order valence-electron chi connectivity index (χ4n) is 2.43. The van der Waals surface area contributed by atoms with Crippen LogP contribution in [-0.2, 0) is 0 Å². The summed E-state index contributed by atoms with van der Waals surface area (Å²) in [7, 11) is 0. The number of nitrogen functional groups attached to an aromatic ring is 1. The Kier molecular flexibility index (Phi) is 3.86. The number of hydrogen-bond acceptors (Lipinski definition) is 4. The Morgan fingerprint density at radius 1 is 1.56 bits per heavy atom. The van der Waals surface area contributed by atoms with Gasteiger partial charge in [0.05, 0.1) is 0 Å². The minimum absolute atomic E-state index is 0.115. The van der Waals surface area contributed by atoms with Crippen LogP contribution in [0.4, 0.5) is 5.82 Å². The summed E-state index contributed by atoms with van der Waals surface area (Å²) in [6, 6.07) is 0.115. The maximum atomic E-state index is 12.1. The maximum absolute atomic E-state index is 12.1. The molecule has 2 heterocycles. The van der Waals surface area contributed by atoms with Crippen LogP contribution in [0.5, 0.6) is 0 Å². The van der Waals surface area contributed by atoms with Gasteiger partial charge in [0.25, 0.3) is 5.91 Å². The number of nitrogens with two attached hydrogens (primary N) is 1. The first-order valence-electron chi connectivity index (χ1n) is 6.41. The number of amides is 1. The molecular formula is C12H21N5O. The molecule has 1 fully saturated rings. The molecule has 2 rings (SSSR count). The number of aryl methyl sites for hydroxylation is 1. The molecule has 1 atom stereocenters. The van der Waals surface area contributed by atoms with Crippen molar-refractivity contribution in [3.63, 3.8) is 0 Å². The van der Waals surface area contributed by atoms with E-state index in [-0.39, 0.29) is 17.8 Å². The molecule has 1 amide bonds. The molecule has 0 aliphatic carbocycles. The highest BCUT2D eigenvalue weighted by molar-refractivity contribution is 5.99. The topological polar surface area (TPSA) is 87.0 Å². The zero-order valence-electron chi connectivity index (χ0n) is 11.0. The van der Waals surface area contributed by atoms with Gasteiger partial charge in [-0.05, 0) is 39.8 Å². The number of hydrogen-bond donors (Lipinski definition) is 3. The van der Waals surface area contributed by atoms with Crippen molar-refractivity contribution in [1.82, 2.24) is 20.4 Å². The van der Waals surface area contributed by atoms with E-state index in [9.17, 15) is 4.79 Å². The molecule has 0 saturated carbocycles. The molecule has 0 radical (unpaired) electrons. The van der Waals surface area contributed by atoms with Crippen LogP contribution in [0.2, 0.25) is 0 Å². The Morgan fingerprint density at radius 3 is 2.78 bits per heavy atom. The molecule has 1 aliphatic rings. The predicted molar refractivity (Wildman–Crippen MR) is 70.3 cm³/mol. The Hall–Kier alpha value is -1.56. The lowest BCUT2D eigenvalue weighted by Gasteiger charge is -2.21. The lowest BCUT2D eigenvalue weighted by atomic mass is 10.2. The third-order valence-corrected chi connectivity index (χ3v) is 3.31. The van der Waals surface area contributed by atoms with Crippen LogP contribution in [0.25, 0.3) is 0 Å². The second-order valence-electron chi connectivity index (χ2n) is 4.99. The number of nitrogens with one attached hydrogen (secondary N) is 2. The fourth-order valence-corrected chi connectivity index (χ4v) is 2.43. The summed E-state index contributed by atoms with van der Waals surface area (Å²) in [4.78, 5) is 14.4. The average molecular weight is 251 g/mol. The smallest absolute Gasteiger partial charge is 0.257 e. The number of nitrogens with zero attached hydrogens (tertiary/aromatic N) is 2. The Morgan fingerprint density at radius 2 is 2.22 bits per heavy atom. The van der Waals surface area contributed by atoms with E-state index in [4.69, 9.17) is 5.73 Å². The third kappa shape index (κ3) is 2.81.